The van der Waals surface area contributed by atoms with E-state index in [0.29, 0.717) is 5.69 Å². The number of aryl methyl sites for hydroxylation is 1. The lowest BCUT2D eigenvalue weighted by atomic mass is 10.1. The van der Waals surface area contributed by atoms with E-state index in [1.165, 1.54) is 0 Å². The van der Waals surface area contributed by atoms with Crippen molar-refractivity contribution in [3.05, 3.63) is 88.7 Å². The zero-order valence-corrected chi connectivity index (χ0v) is 14.2. The van der Waals surface area contributed by atoms with Crippen LogP contribution in [-0.4, -0.2) is 10.9 Å². The number of amides is 1. The second kappa shape index (κ2) is 6.75. The van der Waals surface area contributed by atoms with Gasteiger partial charge in [0.2, 0.25) is 0 Å². The highest BCUT2D eigenvalue weighted by molar-refractivity contribution is 9.10. The van der Waals surface area contributed by atoms with E-state index in [-0.39, 0.29) is 5.91 Å². The molecule has 114 valence electrons. The first-order valence-electron chi connectivity index (χ1n) is 7.23. The predicted octanol–water partition coefficient (Wildman–Crippen LogP) is 5.13. The van der Waals surface area contributed by atoms with Gasteiger partial charge in [0.05, 0.1) is 0 Å². The molecule has 0 spiro atoms. The number of aromatic nitrogens is 1. The summed E-state index contributed by atoms with van der Waals surface area (Å²) < 4.78 is 0.968. The smallest absolute Gasteiger partial charge is 0.276 e. The molecule has 0 bridgehead atoms. The van der Waals surface area contributed by atoms with E-state index >= 15 is 0 Å². The van der Waals surface area contributed by atoms with Gasteiger partial charge in [0.15, 0.2) is 0 Å². The van der Waals surface area contributed by atoms with Gasteiger partial charge in [-0.2, -0.15) is 0 Å². The molecule has 4 heteroatoms. The van der Waals surface area contributed by atoms with Crippen LogP contribution < -0.4 is 4.90 Å². The minimum absolute atomic E-state index is 0.156. The molecule has 3 aromatic rings. The van der Waals surface area contributed by atoms with Crippen LogP contribution in [-0.2, 0) is 0 Å². The summed E-state index contributed by atoms with van der Waals surface area (Å²) >= 11 is 3.43. The molecule has 0 saturated carbocycles. The summed E-state index contributed by atoms with van der Waals surface area (Å²) in [6.45, 7) is 2.02. The average Bonchev–Trinajstić information content (AvgIpc) is 2.59. The molecule has 0 fully saturated rings. The van der Waals surface area contributed by atoms with Gasteiger partial charge in [-0.15, -0.1) is 0 Å². The van der Waals surface area contributed by atoms with Crippen molar-refractivity contribution in [3.63, 3.8) is 0 Å². The highest BCUT2D eigenvalue weighted by Crippen LogP contribution is 2.28. The maximum absolute atomic E-state index is 13.0. The Morgan fingerprint density at radius 1 is 0.913 bits per heavy atom. The van der Waals surface area contributed by atoms with Gasteiger partial charge in [0, 0.05) is 22.0 Å². The van der Waals surface area contributed by atoms with Gasteiger partial charge >= 0.3 is 0 Å². The number of nitrogens with zero attached hydrogens (tertiary/aromatic N) is 2. The first-order valence-corrected chi connectivity index (χ1v) is 8.02. The summed E-state index contributed by atoms with van der Waals surface area (Å²) in [5.74, 6) is -0.156. The van der Waals surface area contributed by atoms with E-state index in [9.17, 15) is 4.79 Å². The summed E-state index contributed by atoms with van der Waals surface area (Å²) in [6.07, 6.45) is 1.63. The summed E-state index contributed by atoms with van der Waals surface area (Å²) in [4.78, 5) is 18.8. The van der Waals surface area contributed by atoms with E-state index in [1.54, 1.807) is 23.2 Å². The average molecular weight is 367 g/mol. The van der Waals surface area contributed by atoms with E-state index in [1.807, 2.05) is 61.5 Å². The Morgan fingerprint density at radius 2 is 1.52 bits per heavy atom. The number of benzene rings is 2. The zero-order valence-electron chi connectivity index (χ0n) is 12.6. The van der Waals surface area contributed by atoms with Crippen molar-refractivity contribution in [1.29, 1.82) is 0 Å². The van der Waals surface area contributed by atoms with Crippen molar-refractivity contribution in [2.24, 2.45) is 0 Å². The van der Waals surface area contributed by atoms with Gasteiger partial charge in [-0.3, -0.25) is 14.7 Å². The quantitative estimate of drug-likeness (QED) is 0.643. The molecule has 0 radical (unpaired) electrons. The molecular weight excluding hydrogens is 352 g/mol. The molecule has 23 heavy (non-hydrogen) atoms. The molecule has 0 N–H and O–H groups in total. The van der Waals surface area contributed by atoms with Crippen molar-refractivity contribution < 1.29 is 4.79 Å². The normalized spacial score (nSPS) is 10.3. The topological polar surface area (TPSA) is 33.2 Å². The van der Waals surface area contributed by atoms with Crippen LogP contribution in [0.25, 0.3) is 0 Å². The summed E-state index contributed by atoms with van der Waals surface area (Å²) in [5.41, 5.74) is 3.17. The Balaban J connectivity index is 2.08. The second-order valence-corrected chi connectivity index (χ2v) is 6.08. The van der Waals surface area contributed by atoms with Crippen LogP contribution in [0.15, 0.2) is 77.4 Å². The number of halogens is 1. The van der Waals surface area contributed by atoms with Gasteiger partial charge in [-0.1, -0.05) is 39.7 Å². The third kappa shape index (κ3) is 3.48. The molecule has 3 nitrogen and oxygen atoms in total. The molecule has 0 aliphatic heterocycles. The van der Waals surface area contributed by atoms with Crippen LogP contribution in [0.3, 0.4) is 0 Å². The van der Waals surface area contributed by atoms with Crippen molar-refractivity contribution in [1.82, 2.24) is 4.98 Å². The molecule has 0 aliphatic carbocycles. The van der Waals surface area contributed by atoms with Gasteiger partial charge in [0.1, 0.15) is 5.69 Å². The van der Waals surface area contributed by atoms with Crippen LogP contribution in [0.2, 0.25) is 0 Å². The van der Waals surface area contributed by atoms with Crippen molar-refractivity contribution in [2.75, 3.05) is 4.90 Å². The molecule has 0 aliphatic rings. The first kappa shape index (κ1) is 15.4. The number of carbonyl (C=O) groups excluding carboxylic acids is 1. The van der Waals surface area contributed by atoms with E-state index in [4.69, 9.17) is 0 Å². The number of hydrogen-bond donors (Lipinski definition) is 0. The number of rotatable bonds is 3. The fraction of sp³-hybridized carbons (Fsp3) is 0.0526. The lowest BCUT2D eigenvalue weighted by molar-refractivity contribution is 0.0994. The molecular formula is C19H15BrN2O. The number of anilines is 2. The predicted molar refractivity (Wildman–Crippen MR) is 96.0 cm³/mol. The minimum Gasteiger partial charge on any atom is -0.276 e. The lowest BCUT2D eigenvalue weighted by Gasteiger charge is -2.23. The highest BCUT2D eigenvalue weighted by atomic mass is 79.9. The van der Waals surface area contributed by atoms with Crippen molar-refractivity contribution >= 4 is 33.2 Å². The summed E-state index contributed by atoms with van der Waals surface area (Å²) in [6, 6.07) is 20.9. The SMILES string of the molecule is Cc1ccc(N(C(=O)c2ccccn2)c2ccc(Br)cc2)cc1. The Morgan fingerprint density at radius 3 is 2.09 bits per heavy atom. The van der Waals surface area contributed by atoms with Crippen LogP contribution in [0.4, 0.5) is 11.4 Å². The van der Waals surface area contributed by atoms with E-state index in [0.717, 1.165) is 21.4 Å². The van der Waals surface area contributed by atoms with Gasteiger partial charge in [-0.05, 0) is 55.5 Å². The van der Waals surface area contributed by atoms with Crippen LogP contribution in [0, 0.1) is 6.92 Å². The van der Waals surface area contributed by atoms with Gasteiger partial charge < -0.3 is 0 Å². The molecule has 2 aromatic carbocycles. The molecule has 0 atom stereocenters. The highest BCUT2D eigenvalue weighted by Gasteiger charge is 2.20. The second-order valence-electron chi connectivity index (χ2n) is 5.17. The molecule has 1 aromatic heterocycles. The summed E-state index contributed by atoms with van der Waals surface area (Å²) in [7, 11) is 0. The number of hydrogen-bond acceptors (Lipinski definition) is 2. The molecule has 3 rings (SSSR count). The standard InChI is InChI=1S/C19H15BrN2O/c1-14-5-9-16(10-6-14)22(17-11-7-15(20)8-12-17)19(23)18-4-2-3-13-21-18/h2-13H,1H3. The Hall–Kier alpha value is -2.46. The lowest BCUT2D eigenvalue weighted by Crippen LogP contribution is -2.26. The van der Waals surface area contributed by atoms with Crippen LogP contribution in [0.5, 0.6) is 0 Å². The Bertz CT molecular complexity index is 754. The minimum atomic E-state index is -0.156. The fourth-order valence-corrected chi connectivity index (χ4v) is 2.54. The third-order valence-electron chi connectivity index (χ3n) is 3.46. The molecule has 1 heterocycles. The zero-order chi connectivity index (χ0) is 16.2. The van der Waals surface area contributed by atoms with Crippen LogP contribution >= 0.6 is 15.9 Å². The van der Waals surface area contributed by atoms with Gasteiger partial charge in [-0.25, -0.2) is 0 Å². The Labute approximate surface area is 143 Å². The monoisotopic (exact) mass is 366 g/mol. The fourth-order valence-electron chi connectivity index (χ4n) is 2.27. The Kier molecular flexibility index (Phi) is 4.53. The van der Waals surface area contributed by atoms with Crippen molar-refractivity contribution in [2.45, 2.75) is 6.92 Å². The number of pyridine rings is 1. The maximum Gasteiger partial charge on any atom is 0.281 e. The number of carbonyl (C=O) groups is 1. The largest absolute Gasteiger partial charge is 0.281 e. The van der Waals surface area contributed by atoms with Crippen molar-refractivity contribution in [3.8, 4) is 0 Å². The first-order chi connectivity index (χ1) is 11.1. The molecule has 1 amide bonds. The molecule has 0 unspecified atom stereocenters. The summed E-state index contributed by atoms with van der Waals surface area (Å²) in [5, 5.41) is 0. The van der Waals surface area contributed by atoms with Crippen LogP contribution in [0.1, 0.15) is 16.1 Å². The maximum atomic E-state index is 13.0. The third-order valence-corrected chi connectivity index (χ3v) is 3.99. The van der Waals surface area contributed by atoms with E-state index < -0.39 is 0 Å². The van der Waals surface area contributed by atoms with E-state index in [2.05, 4.69) is 20.9 Å². The molecule has 0 saturated heterocycles. The van der Waals surface area contributed by atoms with Gasteiger partial charge in [0.25, 0.3) is 5.91 Å².